The van der Waals surface area contributed by atoms with Crippen molar-refractivity contribution in [3.8, 4) is 0 Å². The molecule has 2 heterocycles. The zero-order valence-electron chi connectivity index (χ0n) is 9.07. The van der Waals surface area contributed by atoms with Gasteiger partial charge in [-0.05, 0) is 6.92 Å². The van der Waals surface area contributed by atoms with Crippen LogP contribution in [0.4, 0.5) is 0 Å². The molecule has 1 saturated heterocycles. The molecule has 1 aromatic rings. The number of nitrogens with one attached hydrogen (secondary N) is 1. The molecule has 2 radical (unpaired) electrons. The van der Waals surface area contributed by atoms with E-state index in [2.05, 4.69) is 4.98 Å². The predicted molar refractivity (Wildman–Crippen MR) is 56.3 cm³/mol. The second-order valence-corrected chi connectivity index (χ2v) is 3.70. The molecule has 0 aromatic carbocycles. The summed E-state index contributed by atoms with van der Waals surface area (Å²) in [6, 6.07) is 1.17. The zero-order valence-corrected chi connectivity index (χ0v) is 9.07. The van der Waals surface area contributed by atoms with Crippen LogP contribution < -0.4 is 11.2 Å². The molecule has 2 N–H and O–H groups in total. The van der Waals surface area contributed by atoms with Crippen LogP contribution in [0.3, 0.4) is 0 Å². The molecule has 4 atom stereocenters. The molecule has 1 fully saturated rings. The van der Waals surface area contributed by atoms with Crippen LogP contribution in [0.2, 0.25) is 0 Å². The van der Waals surface area contributed by atoms with E-state index in [9.17, 15) is 14.7 Å². The van der Waals surface area contributed by atoms with Crippen molar-refractivity contribution in [2.75, 3.05) is 7.11 Å². The highest BCUT2D eigenvalue weighted by Crippen LogP contribution is 2.29. The summed E-state index contributed by atoms with van der Waals surface area (Å²) in [6.45, 7) is 5.51. The summed E-state index contributed by atoms with van der Waals surface area (Å²) in [7, 11) is 1.37. The molecule has 1 aliphatic rings. The number of nitrogens with zero attached hydrogens (tertiary/aromatic N) is 1. The third-order valence-electron chi connectivity index (χ3n) is 2.65. The van der Waals surface area contributed by atoms with Gasteiger partial charge in [0.2, 0.25) is 0 Å². The second-order valence-electron chi connectivity index (χ2n) is 3.70. The Balaban J connectivity index is 2.40. The van der Waals surface area contributed by atoms with Gasteiger partial charge < -0.3 is 14.6 Å². The van der Waals surface area contributed by atoms with Gasteiger partial charge in [-0.3, -0.25) is 14.3 Å². The highest BCUT2D eigenvalue weighted by Gasteiger charge is 2.43. The summed E-state index contributed by atoms with van der Waals surface area (Å²) in [5.41, 5.74) is -1.16. The Morgan fingerprint density at radius 2 is 2.29 bits per heavy atom. The van der Waals surface area contributed by atoms with E-state index in [-0.39, 0.29) is 0 Å². The summed E-state index contributed by atoms with van der Waals surface area (Å²) in [5.74, 6) is 0. The van der Waals surface area contributed by atoms with Crippen LogP contribution in [0, 0.1) is 6.92 Å². The lowest BCUT2D eigenvalue weighted by Gasteiger charge is -2.19. The lowest BCUT2D eigenvalue weighted by molar-refractivity contribution is -0.0493. The monoisotopic (exact) mass is 240 g/mol. The van der Waals surface area contributed by atoms with Crippen LogP contribution in [0.5, 0.6) is 0 Å². The molecule has 0 bridgehead atoms. The van der Waals surface area contributed by atoms with Crippen LogP contribution in [0.15, 0.2) is 21.9 Å². The van der Waals surface area contributed by atoms with Crippen LogP contribution in [-0.2, 0) is 9.47 Å². The molecular weight excluding hydrogens is 228 g/mol. The van der Waals surface area contributed by atoms with Gasteiger partial charge in [-0.15, -0.1) is 0 Å². The number of aliphatic hydroxyl groups is 1. The van der Waals surface area contributed by atoms with Crippen LogP contribution >= 0.6 is 0 Å². The van der Waals surface area contributed by atoms with Crippen molar-refractivity contribution in [3.05, 3.63) is 40.0 Å². The van der Waals surface area contributed by atoms with Crippen molar-refractivity contribution in [1.82, 2.24) is 9.55 Å². The number of aromatic nitrogens is 2. The smallest absolute Gasteiger partial charge is 0.330 e. The zero-order chi connectivity index (χ0) is 12.6. The number of aliphatic hydroxyl groups excluding tert-OH is 1. The van der Waals surface area contributed by atoms with Crippen LogP contribution in [0.25, 0.3) is 0 Å². The number of hydrogen-bond acceptors (Lipinski definition) is 5. The third-order valence-corrected chi connectivity index (χ3v) is 2.65. The maximum Gasteiger partial charge on any atom is 0.330 e. The average molecular weight is 240 g/mol. The Hall–Kier alpha value is -1.44. The van der Waals surface area contributed by atoms with Gasteiger partial charge in [-0.25, -0.2) is 4.79 Å². The van der Waals surface area contributed by atoms with Crippen molar-refractivity contribution >= 4 is 0 Å². The normalized spacial score (nSPS) is 32.9. The minimum atomic E-state index is -1.04. The molecule has 92 valence electrons. The number of aromatic amines is 1. The Morgan fingerprint density at radius 3 is 2.88 bits per heavy atom. The lowest BCUT2D eigenvalue weighted by Crippen LogP contribution is -2.38. The van der Waals surface area contributed by atoms with Crippen LogP contribution in [-0.4, -0.2) is 40.1 Å². The van der Waals surface area contributed by atoms with Crippen molar-refractivity contribution in [2.24, 2.45) is 0 Å². The first-order valence-corrected chi connectivity index (χ1v) is 4.98. The maximum absolute atomic E-state index is 11.6. The van der Waals surface area contributed by atoms with Gasteiger partial charge in [0, 0.05) is 19.4 Å². The molecule has 7 heteroatoms. The molecule has 7 nitrogen and oxygen atoms in total. The summed E-state index contributed by atoms with van der Waals surface area (Å²) in [4.78, 5) is 24.6. The summed E-state index contributed by atoms with van der Waals surface area (Å²) in [6.07, 6.45) is -2.35. The standard InChI is InChI=1S/C10H12N2O5/c1-5-7(14)8(16-2)9(17-5)12-4-3-6(13)11-10(12)15/h1,3-5,7-9,14H,2H3,(H,11,13,15)/t5-,7+,8?,9-/m1/s1. The number of ether oxygens (including phenoxy) is 2. The largest absolute Gasteiger partial charge is 0.387 e. The molecule has 0 aliphatic carbocycles. The van der Waals surface area contributed by atoms with Gasteiger partial charge in [0.15, 0.2) is 6.23 Å². The summed E-state index contributed by atoms with van der Waals surface area (Å²) >= 11 is 0. The Kier molecular flexibility index (Phi) is 3.14. The SMILES string of the molecule is [CH][C@H]1O[C@@H](n2ccc(=O)[nH]c2=O)C(OC)[C@H]1O. The second kappa shape index (κ2) is 4.44. The molecule has 0 saturated carbocycles. The van der Waals surface area contributed by atoms with E-state index in [1.165, 1.54) is 19.4 Å². The minimum absolute atomic E-state index is 0.511. The molecule has 2 rings (SSSR count). The van der Waals surface area contributed by atoms with E-state index in [0.29, 0.717) is 0 Å². The van der Waals surface area contributed by atoms with E-state index < -0.39 is 35.8 Å². The fraction of sp³-hybridized carbons (Fsp3) is 0.500. The van der Waals surface area contributed by atoms with E-state index in [1.807, 2.05) is 0 Å². The molecule has 17 heavy (non-hydrogen) atoms. The molecule has 0 amide bonds. The molecule has 1 aromatic heterocycles. The van der Waals surface area contributed by atoms with E-state index in [1.54, 1.807) is 0 Å². The number of methoxy groups -OCH3 is 1. The topological polar surface area (TPSA) is 93.6 Å². The highest BCUT2D eigenvalue weighted by atomic mass is 16.6. The van der Waals surface area contributed by atoms with Crippen molar-refractivity contribution < 1.29 is 14.6 Å². The van der Waals surface area contributed by atoms with Crippen molar-refractivity contribution in [1.29, 1.82) is 0 Å². The van der Waals surface area contributed by atoms with Gasteiger partial charge in [-0.2, -0.15) is 0 Å². The fourth-order valence-corrected chi connectivity index (χ4v) is 1.78. The molecule has 0 spiro atoms. The lowest BCUT2D eigenvalue weighted by atomic mass is 10.1. The van der Waals surface area contributed by atoms with Gasteiger partial charge in [-0.1, -0.05) is 0 Å². The average Bonchev–Trinajstić information content (AvgIpc) is 2.55. The summed E-state index contributed by atoms with van der Waals surface area (Å²) in [5, 5.41) is 9.67. The predicted octanol–water partition coefficient (Wildman–Crippen LogP) is -1.48. The fourth-order valence-electron chi connectivity index (χ4n) is 1.78. The van der Waals surface area contributed by atoms with Gasteiger partial charge in [0.05, 0.1) is 6.10 Å². The highest BCUT2D eigenvalue weighted by molar-refractivity contribution is 4.94. The Morgan fingerprint density at radius 1 is 1.59 bits per heavy atom. The van der Waals surface area contributed by atoms with Crippen LogP contribution in [0.1, 0.15) is 6.23 Å². The first-order valence-electron chi connectivity index (χ1n) is 4.98. The van der Waals surface area contributed by atoms with Gasteiger partial charge in [0.25, 0.3) is 5.56 Å². The summed E-state index contributed by atoms with van der Waals surface area (Å²) < 4.78 is 11.4. The number of hydrogen-bond donors (Lipinski definition) is 2. The van der Waals surface area contributed by atoms with Crippen molar-refractivity contribution in [3.63, 3.8) is 0 Å². The van der Waals surface area contributed by atoms with E-state index in [4.69, 9.17) is 16.4 Å². The Bertz CT molecular complexity index is 508. The first-order chi connectivity index (χ1) is 8.04. The maximum atomic E-state index is 11.6. The Labute approximate surface area is 96.6 Å². The molecule has 1 aliphatic heterocycles. The number of H-pyrrole nitrogens is 1. The van der Waals surface area contributed by atoms with E-state index >= 15 is 0 Å². The quantitative estimate of drug-likeness (QED) is 0.657. The van der Waals surface area contributed by atoms with Crippen molar-refractivity contribution in [2.45, 2.75) is 24.5 Å². The molecule has 1 unspecified atom stereocenters. The minimum Gasteiger partial charge on any atom is -0.387 e. The van der Waals surface area contributed by atoms with Gasteiger partial charge in [0.1, 0.15) is 12.2 Å². The number of rotatable bonds is 2. The first kappa shape index (κ1) is 12.0. The molecular formula is C10H12N2O5. The van der Waals surface area contributed by atoms with Gasteiger partial charge >= 0.3 is 5.69 Å². The third kappa shape index (κ3) is 2.04. The van der Waals surface area contributed by atoms with E-state index in [0.717, 1.165) is 4.57 Å².